The number of anilines is 2. The van der Waals surface area contributed by atoms with Gasteiger partial charge in [-0.2, -0.15) is 0 Å². The number of piperidine rings is 1. The van der Waals surface area contributed by atoms with Gasteiger partial charge in [-0.05, 0) is 44.9 Å². The van der Waals surface area contributed by atoms with Crippen LogP contribution in [-0.2, 0) is 0 Å². The molecule has 1 fully saturated rings. The summed E-state index contributed by atoms with van der Waals surface area (Å²) in [4.78, 5) is 28.3. The molecule has 22 heavy (non-hydrogen) atoms. The molecule has 0 saturated carbocycles. The Morgan fingerprint density at radius 3 is 1.95 bits per heavy atom. The van der Waals surface area contributed by atoms with Gasteiger partial charge in [0.1, 0.15) is 0 Å². The molecule has 116 valence electrons. The van der Waals surface area contributed by atoms with Crippen LogP contribution in [0.4, 0.5) is 11.4 Å². The fourth-order valence-corrected chi connectivity index (χ4v) is 3.19. The van der Waals surface area contributed by atoms with Crippen LogP contribution < -0.4 is 11.5 Å². The molecule has 1 aromatic carbocycles. The minimum absolute atomic E-state index is 0.148. The molecule has 0 aliphatic carbocycles. The molecule has 2 amide bonds. The van der Waals surface area contributed by atoms with Crippen molar-refractivity contribution in [3.63, 3.8) is 0 Å². The third-order valence-electron chi connectivity index (χ3n) is 4.51. The van der Waals surface area contributed by atoms with Gasteiger partial charge in [0.05, 0.1) is 22.5 Å². The molecule has 0 bridgehead atoms. The van der Waals surface area contributed by atoms with Crippen molar-refractivity contribution in [3.8, 4) is 0 Å². The van der Waals surface area contributed by atoms with Gasteiger partial charge in [-0.1, -0.05) is 0 Å². The van der Waals surface area contributed by atoms with E-state index >= 15 is 0 Å². The molecule has 0 radical (unpaired) electrons. The van der Waals surface area contributed by atoms with E-state index < -0.39 is 7.05 Å². The van der Waals surface area contributed by atoms with Crippen LogP contribution in [0.25, 0.3) is 0 Å². The highest BCUT2D eigenvalue weighted by Gasteiger charge is 2.41. The average molecular weight is 302 g/mol. The Kier molecular flexibility index (Phi) is 3.58. The lowest BCUT2D eigenvalue weighted by Crippen LogP contribution is -2.50. The van der Waals surface area contributed by atoms with Gasteiger partial charge in [-0.3, -0.25) is 14.5 Å². The second-order valence-corrected chi connectivity index (χ2v) is 5.91. The summed E-state index contributed by atoms with van der Waals surface area (Å²) in [6, 6.07) is 2.82. The molecule has 0 spiro atoms. The second-order valence-electron chi connectivity index (χ2n) is 5.91. The van der Waals surface area contributed by atoms with E-state index in [2.05, 4.69) is 0 Å². The van der Waals surface area contributed by atoms with Crippen molar-refractivity contribution < 1.29 is 14.6 Å². The highest BCUT2D eigenvalue weighted by atomic mass is 16.2. The number of benzene rings is 1. The van der Waals surface area contributed by atoms with E-state index in [9.17, 15) is 14.6 Å². The monoisotopic (exact) mass is 302 g/mol. The number of nitrogen functional groups attached to an aromatic ring is 2. The SMILES string of the molecule is CB(O)N1CCC(N2C(=O)c3cc(N)c(N)cc3C2=O)CC1. The van der Waals surface area contributed by atoms with Crippen LogP contribution in [0, 0.1) is 0 Å². The minimum Gasteiger partial charge on any atom is -0.437 e. The Morgan fingerprint density at radius 2 is 1.55 bits per heavy atom. The summed E-state index contributed by atoms with van der Waals surface area (Å²) in [7, 11) is -0.511. The molecule has 0 atom stereocenters. The molecule has 2 heterocycles. The first-order chi connectivity index (χ1) is 10.4. The van der Waals surface area contributed by atoms with E-state index in [4.69, 9.17) is 11.5 Å². The number of imide groups is 1. The maximum Gasteiger partial charge on any atom is 0.376 e. The average Bonchev–Trinajstić information content (AvgIpc) is 2.72. The van der Waals surface area contributed by atoms with Gasteiger partial charge in [0.25, 0.3) is 11.8 Å². The first-order valence-electron chi connectivity index (χ1n) is 7.39. The summed E-state index contributed by atoms with van der Waals surface area (Å²) >= 11 is 0. The van der Waals surface area contributed by atoms with Gasteiger partial charge < -0.3 is 21.3 Å². The number of carbonyl (C=O) groups is 2. The number of nitrogens with zero attached hydrogens (tertiary/aromatic N) is 2. The summed E-state index contributed by atoms with van der Waals surface area (Å²) in [6.45, 7) is 3.02. The van der Waals surface area contributed by atoms with Gasteiger partial charge in [0, 0.05) is 6.04 Å². The minimum atomic E-state index is -0.511. The van der Waals surface area contributed by atoms with Gasteiger partial charge in [-0.15, -0.1) is 0 Å². The molecular formula is C14H19BN4O3. The van der Waals surface area contributed by atoms with Crippen molar-refractivity contribution in [1.82, 2.24) is 9.71 Å². The van der Waals surface area contributed by atoms with Gasteiger partial charge in [-0.25, -0.2) is 0 Å². The van der Waals surface area contributed by atoms with E-state index in [1.807, 2.05) is 4.81 Å². The third kappa shape index (κ3) is 2.24. The fraction of sp³-hybridized carbons (Fsp3) is 0.429. The molecule has 0 unspecified atom stereocenters. The Labute approximate surface area is 129 Å². The van der Waals surface area contributed by atoms with E-state index in [1.54, 1.807) is 6.82 Å². The van der Waals surface area contributed by atoms with E-state index in [0.29, 0.717) is 48.4 Å². The zero-order valence-electron chi connectivity index (χ0n) is 12.5. The maximum atomic E-state index is 12.5. The molecule has 3 rings (SSSR count). The number of carbonyl (C=O) groups excluding carboxylic acids is 2. The number of hydrogen-bond acceptors (Lipinski definition) is 6. The molecule has 0 aromatic heterocycles. The van der Waals surface area contributed by atoms with Crippen molar-refractivity contribution in [2.75, 3.05) is 24.6 Å². The lowest BCUT2D eigenvalue weighted by atomic mass is 9.82. The van der Waals surface area contributed by atoms with E-state index in [0.717, 1.165) is 0 Å². The number of hydrogen-bond donors (Lipinski definition) is 3. The Bertz CT molecular complexity index is 600. The van der Waals surface area contributed by atoms with Crippen molar-refractivity contribution in [2.24, 2.45) is 0 Å². The number of amides is 2. The summed E-state index contributed by atoms with van der Waals surface area (Å²) in [6.07, 6.45) is 1.31. The maximum absolute atomic E-state index is 12.5. The zero-order valence-corrected chi connectivity index (χ0v) is 12.5. The first-order valence-corrected chi connectivity index (χ1v) is 7.39. The third-order valence-corrected chi connectivity index (χ3v) is 4.51. The molecule has 1 saturated heterocycles. The summed E-state index contributed by atoms with van der Waals surface area (Å²) in [5.74, 6) is -0.607. The molecule has 1 aromatic rings. The zero-order chi connectivity index (χ0) is 16.0. The summed E-state index contributed by atoms with van der Waals surface area (Å²) in [5, 5.41) is 9.59. The first kappa shape index (κ1) is 14.9. The smallest absolute Gasteiger partial charge is 0.376 e. The van der Waals surface area contributed by atoms with Gasteiger partial charge in [0.2, 0.25) is 0 Å². The van der Waals surface area contributed by atoms with Crippen molar-refractivity contribution >= 4 is 30.2 Å². The second kappa shape index (κ2) is 5.29. The van der Waals surface area contributed by atoms with Gasteiger partial charge in [0.15, 0.2) is 0 Å². The normalized spacial score (nSPS) is 19.6. The van der Waals surface area contributed by atoms with Crippen LogP contribution in [0.5, 0.6) is 0 Å². The standard InChI is InChI=1S/C14H19BN4O3/c1-15(22)18-4-2-8(3-5-18)19-13(20)9-6-11(16)12(17)7-10(9)14(19)21/h6-8,22H,2-5,16-17H2,1H3. The molecule has 2 aliphatic heterocycles. The van der Waals surface area contributed by atoms with Gasteiger partial charge >= 0.3 is 7.05 Å². The lowest BCUT2D eigenvalue weighted by Gasteiger charge is -2.36. The Balaban J connectivity index is 1.83. The number of fused-ring (bicyclic) bond motifs is 1. The fourth-order valence-electron chi connectivity index (χ4n) is 3.19. The highest BCUT2D eigenvalue weighted by Crippen LogP contribution is 2.32. The van der Waals surface area contributed by atoms with E-state index in [-0.39, 0.29) is 17.9 Å². The summed E-state index contributed by atoms with van der Waals surface area (Å²) in [5.41, 5.74) is 12.7. The number of rotatable bonds is 2. The van der Waals surface area contributed by atoms with E-state index in [1.165, 1.54) is 17.0 Å². The van der Waals surface area contributed by atoms with Crippen molar-refractivity contribution in [3.05, 3.63) is 23.3 Å². The lowest BCUT2D eigenvalue weighted by molar-refractivity contribution is 0.0531. The molecule has 8 heteroatoms. The van der Waals surface area contributed by atoms with Crippen LogP contribution in [0.3, 0.4) is 0 Å². The molecule has 7 nitrogen and oxygen atoms in total. The van der Waals surface area contributed by atoms with Crippen LogP contribution in [-0.4, -0.2) is 52.7 Å². The van der Waals surface area contributed by atoms with Crippen LogP contribution in [0.15, 0.2) is 12.1 Å². The predicted octanol–water partition coefficient (Wildman–Crippen LogP) is 0.0217. The molecule has 2 aliphatic rings. The molecular weight excluding hydrogens is 283 g/mol. The van der Waals surface area contributed by atoms with Crippen molar-refractivity contribution in [1.29, 1.82) is 0 Å². The number of nitrogens with two attached hydrogens (primary N) is 2. The summed E-state index contributed by atoms with van der Waals surface area (Å²) < 4.78 is 0. The predicted molar refractivity (Wildman–Crippen MR) is 84.2 cm³/mol. The van der Waals surface area contributed by atoms with Crippen LogP contribution in [0.2, 0.25) is 6.82 Å². The van der Waals surface area contributed by atoms with Crippen molar-refractivity contribution in [2.45, 2.75) is 25.7 Å². The molecule has 5 N–H and O–H groups in total. The quantitative estimate of drug-likeness (QED) is 0.403. The Morgan fingerprint density at radius 1 is 1.09 bits per heavy atom. The topological polar surface area (TPSA) is 113 Å². The Hall–Kier alpha value is -2.06. The highest BCUT2D eigenvalue weighted by molar-refractivity contribution is 6.45. The largest absolute Gasteiger partial charge is 0.437 e. The van der Waals surface area contributed by atoms with Crippen LogP contribution in [0.1, 0.15) is 33.6 Å². The van der Waals surface area contributed by atoms with Crippen LogP contribution >= 0.6 is 0 Å².